The molecule has 3 N–H and O–H groups in total. The van der Waals surface area contributed by atoms with E-state index in [4.69, 9.17) is 5.73 Å². The standard InChI is InChI=1S/C15H27N3/c1-4-18(5-2)14-8-9-15(13(3)12-14)17-11-7-6-10-16/h8-9,12,17H,4-7,10-11,16H2,1-3H3. The van der Waals surface area contributed by atoms with Crippen molar-refractivity contribution in [1.29, 1.82) is 0 Å². The fourth-order valence-electron chi connectivity index (χ4n) is 2.12. The molecule has 0 saturated carbocycles. The number of hydrogen-bond donors (Lipinski definition) is 2. The van der Waals surface area contributed by atoms with Crippen LogP contribution in [-0.2, 0) is 0 Å². The van der Waals surface area contributed by atoms with Gasteiger partial charge in [0.2, 0.25) is 0 Å². The van der Waals surface area contributed by atoms with Crippen molar-refractivity contribution in [3.05, 3.63) is 23.8 Å². The third-order valence-electron chi connectivity index (χ3n) is 3.28. The van der Waals surface area contributed by atoms with Crippen molar-refractivity contribution in [3.8, 4) is 0 Å². The van der Waals surface area contributed by atoms with Gasteiger partial charge < -0.3 is 16.0 Å². The summed E-state index contributed by atoms with van der Waals surface area (Å²) >= 11 is 0. The number of nitrogens with one attached hydrogen (secondary N) is 1. The van der Waals surface area contributed by atoms with Crippen LogP contribution < -0.4 is 16.0 Å². The molecule has 0 aliphatic carbocycles. The molecule has 0 heterocycles. The lowest BCUT2D eigenvalue weighted by atomic mass is 10.1. The summed E-state index contributed by atoms with van der Waals surface area (Å²) in [7, 11) is 0. The van der Waals surface area contributed by atoms with Gasteiger partial charge in [-0.3, -0.25) is 0 Å². The van der Waals surface area contributed by atoms with Gasteiger partial charge in [-0.2, -0.15) is 0 Å². The Morgan fingerprint density at radius 3 is 2.44 bits per heavy atom. The number of rotatable bonds is 8. The summed E-state index contributed by atoms with van der Waals surface area (Å²) in [6.07, 6.45) is 2.22. The molecule has 0 bridgehead atoms. The second-order valence-corrected chi connectivity index (χ2v) is 4.59. The van der Waals surface area contributed by atoms with Crippen LogP contribution in [0, 0.1) is 6.92 Å². The molecule has 3 nitrogen and oxygen atoms in total. The summed E-state index contributed by atoms with van der Waals surface area (Å²) in [4.78, 5) is 2.37. The lowest BCUT2D eigenvalue weighted by molar-refractivity contribution is 0.774. The van der Waals surface area contributed by atoms with Gasteiger partial charge >= 0.3 is 0 Å². The molecule has 0 fully saturated rings. The molecule has 0 aliphatic rings. The van der Waals surface area contributed by atoms with Crippen LogP contribution in [0.3, 0.4) is 0 Å². The second-order valence-electron chi connectivity index (χ2n) is 4.59. The third kappa shape index (κ3) is 4.22. The minimum absolute atomic E-state index is 0.779. The Labute approximate surface area is 111 Å². The predicted octanol–water partition coefficient (Wildman–Crippen LogP) is 2.99. The number of unbranched alkanes of at least 4 members (excludes halogenated alkanes) is 1. The first-order chi connectivity index (χ1) is 8.72. The third-order valence-corrected chi connectivity index (χ3v) is 3.28. The smallest absolute Gasteiger partial charge is 0.0371 e. The second kappa shape index (κ2) is 7.98. The van der Waals surface area contributed by atoms with E-state index in [1.165, 1.54) is 16.9 Å². The Kier molecular flexibility index (Phi) is 6.58. The largest absolute Gasteiger partial charge is 0.385 e. The summed E-state index contributed by atoms with van der Waals surface area (Å²) in [6.45, 7) is 10.4. The van der Waals surface area contributed by atoms with E-state index < -0.39 is 0 Å². The van der Waals surface area contributed by atoms with Gasteiger partial charge in [0.25, 0.3) is 0 Å². The van der Waals surface area contributed by atoms with E-state index in [0.29, 0.717) is 0 Å². The predicted molar refractivity (Wildman–Crippen MR) is 81.5 cm³/mol. The highest BCUT2D eigenvalue weighted by atomic mass is 15.1. The van der Waals surface area contributed by atoms with Crippen molar-refractivity contribution >= 4 is 11.4 Å². The highest BCUT2D eigenvalue weighted by Crippen LogP contribution is 2.22. The van der Waals surface area contributed by atoms with E-state index in [0.717, 1.165) is 39.0 Å². The van der Waals surface area contributed by atoms with Crippen LogP contribution in [0.15, 0.2) is 18.2 Å². The zero-order chi connectivity index (χ0) is 13.4. The van der Waals surface area contributed by atoms with Gasteiger partial charge in [-0.15, -0.1) is 0 Å². The maximum Gasteiger partial charge on any atom is 0.0371 e. The molecule has 3 heteroatoms. The van der Waals surface area contributed by atoms with Gasteiger partial charge in [0.15, 0.2) is 0 Å². The highest BCUT2D eigenvalue weighted by molar-refractivity contribution is 5.60. The maximum absolute atomic E-state index is 5.49. The SMILES string of the molecule is CCN(CC)c1ccc(NCCCCN)c(C)c1. The molecule has 1 aromatic carbocycles. The molecule has 0 atom stereocenters. The Morgan fingerprint density at radius 1 is 1.17 bits per heavy atom. The van der Waals surface area contributed by atoms with Crippen molar-refractivity contribution in [2.24, 2.45) is 5.73 Å². The highest BCUT2D eigenvalue weighted by Gasteiger charge is 2.04. The first-order valence-corrected chi connectivity index (χ1v) is 7.02. The Hall–Kier alpha value is -1.22. The molecule has 0 aromatic heterocycles. The number of nitrogens with two attached hydrogens (primary N) is 1. The number of benzene rings is 1. The van der Waals surface area contributed by atoms with E-state index in [2.05, 4.69) is 49.2 Å². The number of aryl methyl sites for hydroxylation is 1. The molecule has 1 aromatic rings. The Bertz CT molecular complexity index is 346. The summed E-state index contributed by atoms with van der Waals surface area (Å²) in [5, 5.41) is 3.48. The summed E-state index contributed by atoms with van der Waals surface area (Å²) in [5.41, 5.74) is 9.35. The van der Waals surface area contributed by atoms with E-state index in [-0.39, 0.29) is 0 Å². The Morgan fingerprint density at radius 2 is 1.89 bits per heavy atom. The van der Waals surface area contributed by atoms with E-state index in [1.807, 2.05) is 0 Å². The fraction of sp³-hybridized carbons (Fsp3) is 0.600. The van der Waals surface area contributed by atoms with Gasteiger partial charge in [-0.05, 0) is 63.9 Å². The molecular formula is C15H27N3. The molecule has 0 spiro atoms. The average Bonchev–Trinajstić information content (AvgIpc) is 2.38. The van der Waals surface area contributed by atoms with E-state index >= 15 is 0 Å². The lowest BCUT2D eigenvalue weighted by Gasteiger charge is -2.22. The van der Waals surface area contributed by atoms with Gasteiger partial charge in [-0.25, -0.2) is 0 Å². The number of anilines is 2. The quantitative estimate of drug-likeness (QED) is 0.696. The van der Waals surface area contributed by atoms with Crippen LogP contribution in [-0.4, -0.2) is 26.2 Å². The van der Waals surface area contributed by atoms with Crippen LogP contribution in [0.1, 0.15) is 32.3 Å². The molecule has 18 heavy (non-hydrogen) atoms. The zero-order valence-corrected chi connectivity index (χ0v) is 12.0. The van der Waals surface area contributed by atoms with Crippen LogP contribution in [0.4, 0.5) is 11.4 Å². The summed E-state index contributed by atoms with van der Waals surface area (Å²) in [5.74, 6) is 0. The summed E-state index contributed by atoms with van der Waals surface area (Å²) < 4.78 is 0. The first kappa shape index (κ1) is 14.8. The molecule has 0 aliphatic heterocycles. The van der Waals surface area contributed by atoms with Crippen molar-refractivity contribution < 1.29 is 0 Å². The molecule has 1 rings (SSSR count). The minimum Gasteiger partial charge on any atom is -0.385 e. The molecule has 0 radical (unpaired) electrons. The molecule has 0 saturated heterocycles. The van der Waals surface area contributed by atoms with Gasteiger partial charge in [0.05, 0.1) is 0 Å². The molecule has 102 valence electrons. The van der Waals surface area contributed by atoms with E-state index in [9.17, 15) is 0 Å². The van der Waals surface area contributed by atoms with Crippen LogP contribution in [0.25, 0.3) is 0 Å². The van der Waals surface area contributed by atoms with Gasteiger partial charge in [0, 0.05) is 31.0 Å². The number of nitrogens with zero attached hydrogens (tertiary/aromatic N) is 1. The first-order valence-electron chi connectivity index (χ1n) is 7.02. The fourth-order valence-corrected chi connectivity index (χ4v) is 2.12. The van der Waals surface area contributed by atoms with Crippen molar-refractivity contribution in [2.45, 2.75) is 33.6 Å². The van der Waals surface area contributed by atoms with Crippen LogP contribution >= 0.6 is 0 Å². The number of hydrogen-bond acceptors (Lipinski definition) is 3. The van der Waals surface area contributed by atoms with Crippen LogP contribution in [0.5, 0.6) is 0 Å². The Balaban J connectivity index is 2.61. The molecule has 0 amide bonds. The minimum atomic E-state index is 0.779. The summed E-state index contributed by atoms with van der Waals surface area (Å²) in [6, 6.07) is 6.65. The molecular weight excluding hydrogens is 222 g/mol. The van der Waals surface area contributed by atoms with E-state index in [1.54, 1.807) is 0 Å². The lowest BCUT2D eigenvalue weighted by Crippen LogP contribution is -2.21. The monoisotopic (exact) mass is 249 g/mol. The molecule has 0 unspecified atom stereocenters. The van der Waals surface area contributed by atoms with Crippen molar-refractivity contribution in [2.75, 3.05) is 36.4 Å². The van der Waals surface area contributed by atoms with Crippen molar-refractivity contribution in [1.82, 2.24) is 0 Å². The topological polar surface area (TPSA) is 41.3 Å². The maximum atomic E-state index is 5.49. The van der Waals surface area contributed by atoms with Crippen molar-refractivity contribution in [3.63, 3.8) is 0 Å². The zero-order valence-electron chi connectivity index (χ0n) is 12.0. The average molecular weight is 249 g/mol. The van der Waals surface area contributed by atoms with Gasteiger partial charge in [0.1, 0.15) is 0 Å². The van der Waals surface area contributed by atoms with Gasteiger partial charge in [-0.1, -0.05) is 0 Å². The van der Waals surface area contributed by atoms with Crippen LogP contribution in [0.2, 0.25) is 0 Å². The normalized spacial score (nSPS) is 10.4.